The fourth-order valence-electron chi connectivity index (χ4n) is 3.37. The zero-order chi connectivity index (χ0) is 18.5. The van der Waals surface area contributed by atoms with Crippen LogP contribution in [0.1, 0.15) is 16.7 Å². The second-order valence-electron chi connectivity index (χ2n) is 6.34. The number of ether oxygens (including phenoxy) is 1. The summed E-state index contributed by atoms with van der Waals surface area (Å²) in [6.07, 6.45) is 0. The third kappa shape index (κ3) is 3.47. The van der Waals surface area contributed by atoms with Crippen LogP contribution in [0.5, 0.6) is 5.75 Å². The first-order chi connectivity index (χ1) is 13.3. The monoisotopic (exact) mass is 370 g/mol. The summed E-state index contributed by atoms with van der Waals surface area (Å²) in [5.41, 5.74) is 2.43. The SMILES string of the molecule is Clc1ccc(OC(c2ccccc2)(c2ccccc2)c2ccccc2)cc1. The van der Waals surface area contributed by atoms with E-state index in [4.69, 9.17) is 16.3 Å². The fourth-order valence-corrected chi connectivity index (χ4v) is 3.50. The van der Waals surface area contributed by atoms with Gasteiger partial charge in [-0.1, -0.05) is 103 Å². The van der Waals surface area contributed by atoms with Crippen LogP contribution in [-0.2, 0) is 5.60 Å². The van der Waals surface area contributed by atoms with E-state index in [2.05, 4.69) is 36.4 Å². The van der Waals surface area contributed by atoms with Crippen LogP contribution in [0, 0.1) is 0 Å². The van der Waals surface area contributed by atoms with Gasteiger partial charge in [-0.25, -0.2) is 0 Å². The first kappa shape index (κ1) is 17.4. The van der Waals surface area contributed by atoms with Gasteiger partial charge in [0, 0.05) is 21.7 Å². The average Bonchev–Trinajstić information content (AvgIpc) is 2.75. The van der Waals surface area contributed by atoms with E-state index in [1.165, 1.54) is 0 Å². The maximum absolute atomic E-state index is 6.76. The van der Waals surface area contributed by atoms with Crippen molar-refractivity contribution in [3.8, 4) is 5.75 Å². The molecule has 132 valence electrons. The molecule has 0 N–H and O–H groups in total. The Bertz CT molecular complexity index is 884. The Kier molecular flexibility index (Phi) is 4.95. The molecule has 1 nitrogen and oxygen atoms in total. The highest BCUT2D eigenvalue weighted by atomic mass is 35.5. The van der Waals surface area contributed by atoms with E-state index in [9.17, 15) is 0 Å². The summed E-state index contributed by atoms with van der Waals surface area (Å²) in [6.45, 7) is 0. The molecule has 4 rings (SSSR count). The molecule has 4 aromatic rings. The second-order valence-corrected chi connectivity index (χ2v) is 6.77. The summed E-state index contributed by atoms with van der Waals surface area (Å²) in [6, 6.07) is 38.5. The van der Waals surface area contributed by atoms with Gasteiger partial charge < -0.3 is 4.74 Å². The Hall–Kier alpha value is -3.03. The molecule has 2 heteroatoms. The maximum Gasteiger partial charge on any atom is 0.184 e. The smallest absolute Gasteiger partial charge is 0.184 e. The predicted octanol–water partition coefficient (Wildman–Crippen LogP) is 6.71. The van der Waals surface area contributed by atoms with Crippen LogP contribution in [0.15, 0.2) is 115 Å². The van der Waals surface area contributed by atoms with Gasteiger partial charge in [-0.15, -0.1) is 0 Å². The van der Waals surface area contributed by atoms with E-state index < -0.39 is 5.60 Å². The summed E-state index contributed by atoms with van der Waals surface area (Å²) in [4.78, 5) is 0. The molecule has 0 saturated heterocycles. The van der Waals surface area contributed by atoms with E-state index in [0.717, 1.165) is 22.4 Å². The van der Waals surface area contributed by atoms with Crippen molar-refractivity contribution < 1.29 is 4.74 Å². The molecule has 0 amide bonds. The van der Waals surface area contributed by atoms with Crippen molar-refractivity contribution in [2.45, 2.75) is 5.60 Å². The van der Waals surface area contributed by atoms with Gasteiger partial charge in [0.25, 0.3) is 0 Å². The number of hydrogen-bond acceptors (Lipinski definition) is 1. The lowest BCUT2D eigenvalue weighted by atomic mass is 9.80. The first-order valence-electron chi connectivity index (χ1n) is 8.90. The van der Waals surface area contributed by atoms with Crippen LogP contribution in [-0.4, -0.2) is 0 Å². The number of benzene rings is 4. The van der Waals surface area contributed by atoms with Gasteiger partial charge in [-0.05, 0) is 24.3 Å². The number of rotatable bonds is 5. The maximum atomic E-state index is 6.76. The van der Waals surface area contributed by atoms with Crippen molar-refractivity contribution in [2.24, 2.45) is 0 Å². The summed E-state index contributed by atoms with van der Waals surface area (Å²) in [5, 5.41) is 0.687. The molecule has 0 spiro atoms. The Labute approximate surface area is 164 Å². The quantitative estimate of drug-likeness (QED) is 0.355. The number of halogens is 1. The molecular formula is C25H19ClO. The molecule has 0 bridgehead atoms. The van der Waals surface area contributed by atoms with E-state index in [1.807, 2.05) is 78.9 Å². The van der Waals surface area contributed by atoms with Gasteiger partial charge in [0.1, 0.15) is 5.75 Å². The van der Waals surface area contributed by atoms with E-state index in [1.54, 1.807) is 0 Å². The fraction of sp³-hybridized carbons (Fsp3) is 0.0400. The van der Waals surface area contributed by atoms with Crippen molar-refractivity contribution >= 4 is 11.6 Å². The van der Waals surface area contributed by atoms with E-state index in [0.29, 0.717) is 5.02 Å². The zero-order valence-corrected chi connectivity index (χ0v) is 15.5. The molecule has 0 aromatic heterocycles. The second kappa shape index (κ2) is 7.69. The van der Waals surface area contributed by atoms with Gasteiger partial charge in [-0.3, -0.25) is 0 Å². The summed E-state index contributed by atoms with van der Waals surface area (Å²) < 4.78 is 6.76. The number of hydrogen-bond donors (Lipinski definition) is 0. The average molecular weight is 371 g/mol. The predicted molar refractivity (Wildman–Crippen MR) is 111 cm³/mol. The highest BCUT2D eigenvalue weighted by molar-refractivity contribution is 6.30. The zero-order valence-electron chi connectivity index (χ0n) is 14.8. The van der Waals surface area contributed by atoms with Gasteiger partial charge >= 0.3 is 0 Å². The Morgan fingerprint density at radius 1 is 0.481 bits per heavy atom. The highest BCUT2D eigenvalue weighted by Gasteiger charge is 2.38. The minimum Gasteiger partial charge on any atom is -0.473 e. The van der Waals surface area contributed by atoms with Gasteiger partial charge in [0.05, 0.1) is 0 Å². The molecule has 0 atom stereocenters. The molecule has 0 aliphatic heterocycles. The van der Waals surface area contributed by atoms with E-state index >= 15 is 0 Å². The lowest BCUT2D eigenvalue weighted by Crippen LogP contribution is -2.36. The molecule has 0 saturated carbocycles. The van der Waals surface area contributed by atoms with Gasteiger partial charge in [0.2, 0.25) is 0 Å². The molecule has 0 aliphatic carbocycles. The highest BCUT2D eigenvalue weighted by Crippen LogP contribution is 2.41. The minimum atomic E-state index is -0.766. The van der Waals surface area contributed by atoms with Crippen LogP contribution in [0.3, 0.4) is 0 Å². The molecule has 27 heavy (non-hydrogen) atoms. The molecular weight excluding hydrogens is 352 g/mol. The summed E-state index contributed by atoms with van der Waals surface area (Å²) in [7, 11) is 0. The first-order valence-corrected chi connectivity index (χ1v) is 9.28. The molecule has 0 aliphatic rings. The van der Waals surface area contributed by atoms with Crippen LogP contribution in [0.4, 0.5) is 0 Å². The summed E-state index contributed by atoms with van der Waals surface area (Å²) >= 11 is 6.08. The van der Waals surface area contributed by atoms with Crippen molar-refractivity contribution in [1.82, 2.24) is 0 Å². The normalized spacial score (nSPS) is 11.1. The third-order valence-corrected chi connectivity index (χ3v) is 4.88. The van der Waals surface area contributed by atoms with Crippen LogP contribution in [0.2, 0.25) is 5.02 Å². The summed E-state index contributed by atoms with van der Waals surface area (Å²) in [5.74, 6) is 0.760. The lowest BCUT2D eigenvalue weighted by molar-refractivity contribution is 0.155. The van der Waals surface area contributed by atoms with Crippen molar-refractivity contribution in [3.63, 3.8) is 0 Å². The molecule has 0 fully saturated rings. The van der Waals surface area contributed by atoms with Crippen LogP contribution in [0.25, 0.3) is 0 Å². The molecule has 0 heterocycles. The largest absolute Gasteiger partial charge is 0.473 e. The van der Waals surface area contributed by atoms with Crippen molar-refractivity contribution in [3.05, 3.63) is 137 Å². The van der Waals surface area contributed by atoms with E-state index in [-0.39, 0.29) is 0 Å². The molecule has 0 radical (unpaired) electrons. The Morgan fingerprint density at radius 2 is 0.852 bits per heavy atom. The lowest BCUT2D eigenvalue weighted by Gasteiger charge is -2.36. The molecule has 4 aromatic carbocycles. The minimum absolute atomic E-state index is 0.687. The topological polar surface area (TPSA) is 9.23 Å². The molecule has 0 unspecified atom stereocenters. The Balaban J connectivity index is 1.98. The van der Waals surface area contributed by atoms with Gasteiger partial charge in [-0.2, -0.15) is 0 Å². The van der Waals surface area contributed by atoms with Crippen LogP contribution < -0.4 is 4.74 Å². The Morgan fingerprint density at radius 3 is 1.22 bits per heavy atom. The third-order valence-electron chi connectivity index (χ3n) is 4.63. The van der Waals surface area contributed by atoms with Crippen molar-refractivity contribution in [1.29, 1.82) is 0 Å². The van der Waals surface area contributed by atoms with Gasteiger partial charge in [0.15, 0.2) is 5.60 Å². The standard InChI is InChI=1S/C25H19ClO/c26-23-16-18-24(19-17-23)27-25(20-10-4-1-5-11-20,21-12-6-2-7-13-21)22-14-8-3-9-15-22/h1-19H. The van der Waals surface area contributed by atoms with Crippen LogP contribution >= 0.6 is 11.6 Å². The van der Waals surface area contributed by atoms with Crippen molar-refractivity contribution in [2.75, 3.05) is 0 Å².